The summed E-state index contributed by atoms with van der Waals surface area (Å²) in [6, 6.07) is 34.5. The van der Waals surface area contributed by atoms with Crippen molar-refractivity contribution in [2.45, 2.75) is 0 Å². The van der Waals surface area contributed by atoms with Gasteiger partial charge in [-0.2, -0.15) is 0 Å². The van der Waals surface area contributed by atoms with Crippen molar-refractivity contribution in [3.63, 3.8) is 0 Å². The third kappa shape index (κ3) is 3.78. The zero-order valence-corrected chi connectivity index (χ0v) is 15.8. The zero-order chi connectivity index (χ0) is 16.2. The van der Waals surface area contributed by atoms with Crippen molar-refractivity contribution in [3.8, 4) is 33.5 Å². The van der Waals surface area contributed by atoms with Gasteiger partial charge in [-0.05, 0) is 22.9 Å². The molecule has 0 amide bonds. The number of aromatic nitrogens is 1. The van der Waals surface area contributed by atoms with Gasteiger partial charge in [0, 0.05) is 27.3 Å². The summed E-state index contributed by atoms with van der Waals surface area (Å²) in [5.74, 6) is 0. The molecule has 0 aliphatic rings. The van der Waals surface area contributed by atoms with Crippen molar-refractivity contribution in [3.05, 3.63) is 103 Å². The quantitative estimate of drug-likeness (QED) is 0.320. The van der Waals surface area contributed by atoms with Crippen LogP contribution in [0.3, 0.4) is 0 Å². The van der Waals surface area contributed by atoms with Gasteiger partial charge in [0.2, 0.25) is 0 Å². The Morgan fingerprint density at radius 1 is 0.600 bits per heavy atom. The Labute approximate surface area is 162 Å². The van der Waals surface area contributed by atoms with E-state index in [1.807, 2.05) is 36.5 Å². The summed E-state index contributed by atoms with van der Waals surface area (Å²) >= 11 is 0. The van der Waals surface area contributed by atoms with Gasteiger partial charge in [0.15, 0.2) is 0 Å². The molecule has 124 valence electrons. The van der Waals surface area contributed by atoms with E-state index in [1.54, 1.807) is 0 Å². The first-order valence-electron chi connectivity index (χ1n) is 8.00. The van der Waals surface area contributed by atoms with E-state index in [0.717, 1.165) is 16.8 Å². The number of hydrogen-bond acceptors (Lipinski definition) is 1. The summed E-state index contributed by atoms with van der Waals surface area (Å²) < 4.78 is 0. The van der Waals surface area contributed by atoms with Crippen LogP contribution in [0, 0.1) is 6.07 Å². The number of benzene rings is 3. The van der Waals surface area contributed by atoms with Crippen LogP contribution in [-0.4, -0.2) is 4.98 Å². The fourth-order valence-electron chi connectivity index (χ4n) is 2.88. The van der Waals surface area contributed by atoms with Gasteiger partial charge in [-0.3, -0.25) is 0 Å². The number of nitrogens with zero attached hydrogens (tertiary/aromatic N) is 1. The molecule has 0 aliphatic heterocycles. The van der Waals surface area contributed by atoms with E-state index in [4.69, 9.17) is 0 Å². The first-order valence-corrected chi connectivity index (χ1v) is 8.00. The first kappa shape index (κ1) is 17.3. The van der Waals surface area contributed by atoms with Gasteiger partial charge in [-0.25, -0.2) is 0 Å². The van der Waals surface area contributed by atoms with Gasteiger partial charge in [-0.1, -0.05) is 77.9 Å². The molecule has 3 aromatic carbocycles. The topological polar surface area (TPSA) is 12.9 Å². The van der Waals surface area contributed by atoms with E-state index in [1.165, 1.54) is 16.7 Å². The van der Waals surface area contributed by atoms with Crippen LogP contribution in [0.25, 0.3) is 33.5 Å². The molecule has 4 rings (SSSR count). The third-order valence-corrected chi connectivity index (χ3v) is 4.08. The monoisotopic (exact) mass is 501 g/mol. The standard InChI is InChI=1S/C23H16N.Pt/c1-2-8-18(9-3-1)21-10-4-5-11-22(21)19-13-15-20(16-14-19)23-12-6-7-17-24-23;/h1-15,17H;/q-1;. The van der Waals surface area contributed by atoms with Gasteiger partial charge in [0.05, 0.1) is 0 Å². The SMILES string of the molecule is [Pt].[c-]1cc(-c2ccccc2-c2ccccc2)ccc1-c1ccccn1. The molecule has 1 nitrogen and oxygen atoms in total. The maximum atomic E-state index is 4.39. The molecule has 0 N–H and O–H groups in total. The van der Waals surface area contributed by atoms with Crippen LogP contribution in [0.2, 0.25) is 0 Å². The number of rotatable bonds is 3. The van der Waals surface area contributed by atoms with Crippen LogP contribution < -0.4 is 0 Å². The second-order valence-corrected chi connectivity index (χ2v) is 5.62. The van der Waals surface area contributed by atoms with Gasteiger partial charge in [-0.15, -0.1) is 29.8 Å². The molecular formula is C23H16NPt-. The summed E-state index contributed by atoms with van der Waals surface area (Å²) in [5.41, 5.74) is 6.79. The smallest absolute Gasteiger partial charge is 0.0160 e. The molecule has 25 heavy (non-hydrogen) atoms. The molecule has 4 aromatic rings. The van der Waals surface area contributed by atoms with Crippen molar-refractivity contribution < 1.29 is 21.1 Å². The number of hydrogen-bond donors (Lipinski definition) is 0. The largest absolute Gasteiger partial charge is 0.305 e. The van der Waals surface area contributed by atoms with Gasteiger partial charge < -0.3 is 4.98 Å². The predicted molar refractivity (Wildman–Crippen MR) is 99.4 cm³/mol. The molecule has 0 fully saturated rings. The van der Waals surface area contributed by atoms with Crippen molar-refractivity contribution >= 4 is 0 Å². The van der Waals surface area contributed by atoms with Crippen LogP contribution in [0.4, 0.5) is 0 Å². The second kappa shape index (κ2) is 8.05. The van der Waals surface area contributed by atoms with Crippen LogP contribution in [0.5, 0.6) is 0 Å². The summed E-state index contributed by atoms with van der Waals surface area (Å²) in [6.45, 7) is 0. The van der Waals surface area contributed by atoms with Crippen molar-refractivity contribution in [2.75, 3.05) is 0 Å². The Morgan fingerprint density at radius 3 is 1.92 bits per heavy atom. The summed E-state index contributed by atoms with van der Waals surface area (Å²) in [5, 5.41) is 0. The van der Waals surface area contributed by atoms with Gasteiger partial charge in [0.1, 0.15) is 0 Å². The molecule has 0 radical (unpaired) electrons. The van der Waals surface area contributed by atoms with E-state index in [0.29, 0.717) is 0 Å². The molecule has 0 spiro atoms. The second-order valence-electron chi connectivity index (χ2n) is 5.62. The fraction of sp³-hybridized carbons (Fsp3) is 0. The van der Waals surface area contributed by atoms with E-state index in [2.05, 4.69) is 71.7 Å². The first-order chi connectivity index (χ1) is 11.9. The maximum absolute atomic E-state index is 4.39. The molecule has 2 heteroatoms. The summed E-state index contributed by atoms with van der Waals surface area (Å²) in [7, 11) is 0. The van der Waals surface area contributed by atoms with Crippen molar-refractivity contribution in [2.24, 2.45) is 0 Å². The molecule has 0 saturated heterocycles. The zero-order valence-electron chi connectivity index (χ0n) is 13.5. The van der Waals surface area contributed by atoms with Gasteiger partial charge >= 0.3 is 0 Å². The van der Waals surface area contributed by atoms with Crippen LogP contribution in [0.15, 0.2) is 97.2 Å². The van der Waals surface area contributed by atoms with Crippen molar-refractivity contribution in [1.29, 1.82) is 0 Å². The van der Waals surface area contributed by atoms with E-state index in [-0.39, 0.29) is 21.1 Å². The minimum atomic E-state index is 0. The maximum Gasteiger partial charge on any atom is 0.0160 e. The summed E-state index contributed by atoms with van der Waals surface area (Å²) in [4.78, 5) is 4.39. The Balaban J connectivity index is 0.00000182. The molecule has 0 unspecified atom stereocenters. The molecule has 0 atom stereocenters. The van der Waals surface area contributed by atoms with Crippen molar-refractivity contribution in [1.82, 2.24) is 4.98 Å². The molecule has 0 bridgehead atoms. The minimum Gasteiger partial charge on any atom is -0.305 e. The van der Waals surface area contributed by atoms with Crippen LogP contribution >= 0.6 is 0 Å². The van der Waals surface area contributed by atoms with E-state index < -0.39 is 0 Å². The summed E-state index contributed by atoms with van der Waals surface area (Å²) in [6.07, 6.45) is 1.81. The normalized spacial score (nSPS) is 10.1. The number of pyridine rings is 1. The van der Waals surface area contributed by atoms with Crippen LogP contribution in [0.1, 0.15) is 0 Å². The molecule has 0 aliphatic carbocycles. The van der Waals surface area contributed by atoms with Crippen LogP contribution in [-0.2, 0) is 21.1 Å². The fourth-order valence-corrected chi connectivity index (χ4v) is 2.88. The average Bonchev–Trinajstić information content (AvgIpc) is 2.69. The Morgan fingerprint density at radius 2 is 1.28 bits per heavy atom. The molecule has 1 heterocycles. The Bertz CT molecular complexity index is 932. The molecule has 1 aromatic heterocycles. The molecular weight excluding hydrogens is 485 g/mol. The van der Waals surface area contributed by atoms with E-state index in [9.17, 15) is 0 Å². The molecule has 0 saturated carbocycles. The minimum absolute atomic E-state index is 0. The average molecular weight is 501 g/mol. The predicted octanol–water partition coefficient (Wildman–Crippen LogP) is 5.88. The van der Waals surface area contributed by atoms with Gasteiger partial charge in [0.25, 0.3) is 0 Å². The van der Waals surface area contributed by atoms with E-state index >= 15 is 0 Å². The third-order valence-electron chi connectivity index (χ3n) is 4.08. The Kier molecular flexibility index (Phi) is 5.58. The Hall–Kier alpha value is -2.50.